The summed E-state index contributed by atoms with van der Waals surface area (Å²) in [6.07, 6.45) is 2.26. The Morgan fingerprint density at radius 1 is 1.30 bits per heavy atom. The summed E-state index contributed by atoms with van der Waals surface area (Å²) in [4.78, 5) is 16.2. The molecule has 122 valence electrons. The van der Waals surface area contributed by atoms with Gasteiger partial charge in [0.2, 0.25) is 0 Å². The lowest BCUT2D eigenvalue weighted by atomic mass is 10.0. The number of likely N-dealkylation sites (tertiary alicyclic amines) is 1. The average Bonchev–Trinajstić information content (AvgIpc) is 2.92. The molecule has 0 saturated carbocycles. The Morgan fingerprint density at radius 2 is 1.96 bits per heavy atom. The third-order valence-electron chi connectivity index (χ3n) is 4.42. The van der Waals surface area contributed by atoms with Crippen molar-refractivity contribution in [2.24, 2.45) is 0 Å². The van der Waals surface area contributed by atoms with Gasteiger partial charge in [-0.3, -0.25) is 4.90 Å². The largest absolute Gasteiger partial charge is 0.393 e. The van der Waals surface area contributed by atoms with Crippen LogP contribution < -0.4 is 0 Å². The number of aryl methyl sites for hydroxylation is 1. The lowest BCUT2D eigenvalue weighted by Crippen LogP contribution is -2.39. The molecule has 0 aliphatic carbocycles. The lowest BCUT2D eigenvalue weighted by molar-refractivity contribution is -0.113. The van der Waals surface area contributed by atoms with Crippen LogP contribution >= 0.6 is 22.9 Å². The summed E-state index contributed by atoms with van der Waals surface area (Å²) in [6, 6.07) is 9.67. The fourth-order valence-corrected chi connectivity index (χ4v) is 4.26. The van der Waals surface area contributed by atoms with Crippen molar-refractivity contribution in [3.63, 3.8) is 0 Å². The van der Waals surface area contributed by atoms with Gasteiger partial charge in [0.15, 0.2) is 0 Å². The molecule has 0 radical (unpaired) electrons. The molecule has 1 aliphatic rings. The number of hydrogen-bond acceptors (Lipinski definition) is 4. The number of benzene rings is 1. The monoisotopic (exact) mass is 349 g/mol. The molecule has 5 heteroatoms. The van der Waals surface area contributed by atoms with E-state index in [9.17, 15) is 9.90 Å². The maximum atomic E-state index is 11.7. The summed E-state index contributed by atoms with van der Waals surface area (Å²) >= 11 is 7.66. The normalized spacial score (nSPS) is 18.0. The zero-order chi connectivity index (χ0) is 16.4. The number of aldehydes is 1. The molecule has 0 amide bonds. The highest BCUT2D eigenvalue weighted by Crippen LogP contribution is 2.36. The number of piperidine rings is 1. The molecule has 1 saturated heterocycles. The van der Waals surface area contributed by atoms with E-state index in [4.69, 9.17) is 11.6 Å². The Bertz CT molecular complexity index is 675. The van der Waals surface area contributed by atoms with Gasteiger partial charge >= 0.3 is 0 Å². The van der Waals surface area contributed by atoms with Gasteiger partial charge in [-0.1, -0.05) is 23.7 Å². The van der Waals surface area contributed by atoms with Crippen molar-refractivity contribution >= 4 is 29.2 Å². The van der Waals surface area contributed by atoms with Crippen molar-refractivity contribution in [2.75, 3.05) is 13.1 Å². The van der Waals surface area contributed by atoms with Crippen LogP contribution in [0.3, 0.4) is 0 Å². The number of aliphatic hydroxyl groups excluding tert-OH is 1. The van der Waals surface area contributed by atoms with Crippen LogP contribution in [0.1, 0.15) is 29.3 Å². The van der Waals surface area contributed by atoms with Gasteiger partial charge in [-0.15, -0.1) is 11.3 Å². The maximum absolute atomic E-state index is 11.7. The van der Waals surface area contributed by atoms with E-state index in [2.05, 4.69) is 17.9 Å². The Kier molecular flexibility index (Phi) is 5.17. The minimum absolute atomic E-state index is 0.222. The molecule has 1 fully saturated rings. The van der Waals surface area contributed by atoms with Crippen LogP contribution in [-0.2, 0) is 4.79 Å². The second-order valence-corrected chi connectivity index (χ2v) is 7.67. The van der Waals surface area contributed by atoms with Gasteiger partial charge in [0.25, 0.3) is 0 Å². The first-order valence-corrected chi connectivity index (χ1v) is 9.01. The molecule has 2 heterocycles. The highest BCUT2D eigenvalue weighted by Gasteiger charge is 2.27. The fraction of sp³-hybridized carbons (Fsp3) is 0.389. The van der Waals surface area contributed by atoms with Gasteiger partial charge < -0.3 is 9.90 Å². The zero-order valence-corrected chi connectivity index (χ0v) is 14.6. The van der Waals surface area contributed by atoms with Gasteiger partial charge in [-0.2, -0.15) is 0 Å². The highest BCUT2D eigenvalue weighted by atomic mass is 35.5. The number of carbonyl (C=O) groups is 1. The summed E-state index contributed by atoms with van der Waals surface area (Å²) in [7, 11) is 0. The summed E-state index contributed by atoms with van der Waals surface area (Å²) < 4.78 is 0. The number of hydrogen-bond donors (Lipinski definition) is 1. The highest BCUT2D eigenvalue weighted by molar-refractivity contribution is 7.15. The quantitative estimate of drug-likeness (QED) is 0.846. The van der Waals surface area contributed by atoms with Crippen LogP contribution in [0.4, 0.5) is 0 Å². The molecule has 0 spiro atoms. The number of rotatable bonds is 4. The van der Waals surface area contributed by atoms with Gasteiger partial charge in [0.1, 0.15) is 6.29 Å². The van der Waals surface area contributed by atoms with Gasteiger partial charge in [-0.25, -0.2) is 0 Å². The number of nitrogens with zero attached hydrogens (tertiary/aromatic N) is 1. The Hall–Kier alpha value is -1.20. The summed E-state index contributed by atoms with van der Waals surface area (Å²) in [5.74, 6) is 0. The topological polar surface area (TPSA) is 40.5 Å². The van der Waals surface area contributed by atoms with E-state index in [-0.39, 0.29) is 12.1 Å². The molecule has 3 nitrogen and oxygen atoms in total. The van der Waals surface area contributed by atoms with E-state index in [1.165, 1.54) is 0 Å². The van der Waals surface area contributed by atoms with E-state index in [0.29, 0.717) is 0 Å². The number of thiophene rings is 1. The molecule has 3 rings (SSSR count). The van der Waals surface area contributed by atoms with Crippen molar-refractivity contribution in [1.82, 2.24) is 4.90 Å². The van der Waals surface area contributed by atoms with Crippen molar-refractivity contribution < 1.29 is 9.90 Å². The third kappa shape index (κ3) is 3.66. The molecule has 1 aromatic carbocycles. The molecular weight excluding hydrogens is 330 g/mol. The summed E-state index contributed by atoms with van der Waals surface area (Å²) in [5.41, 5.74) is 2.19. The van der Waals surface area contributed by atoms with Crippen molar-refractivity contribution in [2.45, 2.75) is 31.9 Å². The van der Waals surface area contributed by atoms with Crippen LogP contribution in [-0.4, -0.2) is 35.5 Å². The van der Waals surface area contributed by atoms with E-state index in [0.717, 1.165) is 58.1 Å². The van der Waals surface area contributed by atoms with Gasteiger partial charge in [-0.05, 0) is 49.1 Å². The first-order valence-electron chi connectivity index (χ1n) is 7.82. The third-order valence-corrected chi connectivity index (χ3v) is 5.79. The molecule has 1 aliphatic heterocycles. The first kappa shape index (κ1) is 16.7. The van der Waals surface area contributed by atoms with Crippen LogP contribution in [0.2, 0.25) is 5.02 Å². The Balaban J connectivity index is 1.86. The number of halogens is 1. The number of carbonyl (C=O) groups excluding carboxylic acids is 1. The van der Waals surface area contributed by atoms with E-state index < -0.39 is 0 Å². The van der Waals surface area contributed by atoms with Crippen LogP contribution in [0.25, 0.3) is 10.4 Å². The number of aliphatic hydroxyl groups is 1. The van der Waals surface area contributed by atoms with E-state index >= 15 is 0 Å². The van der Waals surface area contributed by atoms with Crippen molar-refractivity contribution in [3.8, 4) is 10.4 Å². The molecule has 23 heavy (non-hydrogen) atoms. The molecular formula is C18H20ClNO2S. The standard InChI is InChI=1S/C18H20ClNO2S/c1-12-16(17(11-21)20-8-6-15(22)7-9-20)10-18(23-12)13-2-4-14(19)5-3-13/h2-5,10-11,15,17,22H,6-9H2,1H3. The predicted molar refractivity (Wildman–Crippen MR) is 95.1 cm³/mol. The minimum atomic E-state index is -0.230. The Labute approximate surface area is 145 Å². The smallest absolute Gasteiger partial charge is 0.141 e. The second-order valence-electron chi connectivity index (χ2n) is 5.98. The maximum Gasteiger partial charge on any atom is 0.141 e. The van der Waals surface area contributed by atoms with Gasteiger partial charge in [0, 0.05) is 27.9 Å². The molecule has 1 N–H and O–H groups in total. The Morgan fingerprint density at radius 3 is 2.57 bits per heavy atom. The first-order chi connectivity index (χ1) is 11.1. The SMILES string of the molecule is Cc1sc(-c2ccc(Cl)cc2)cc1C(C=O)N1CCC(O)CC1. The molecule has 1 atom stereocenters. The summed E-state index contributed by atoms with van der Waals surface area (Å²) in [6.45, 7) is 3.58. The summed E-state index contributed by atoms with van der Waals surface area (Å²) in [5, 5.41) is 10.4. The molecule has 1 aromatic heterocycles. The fourth-order valence-electron chi connectivity index (χ4n) is 3.07. The van der Waals surface area contributed by atoms with Crippen LogP contribution in [0.15, 0.2) is 30.3 Å². The average molecular weight is 350 g/mol. The van der Waals surface area contributed by atoms with Crippen LogP contribution in [0, 0.1) is 6.92 Å². The van der Waals surface area contributed by atoms with E-state index in [1.54, 1.807) is 11.3 Å². The van der Waals surface area contributed by atoms with Crippen molar-refractivity contribution in [1.29, 1.82) is 0 Å². The van der Waals surface area contributed by atoms with E-state index in [1.807, 2.05) is 24.3 Å². The minimum Gasteiger partial charge on any atom is -0.393 e. The lowest BCUT2D eigenvalue weighted by Gasteiger charge is -2.33. The molecule has 1 unspecified atom stereocenters. The zero-order valence-electron chi connectivity index (χ0n) is 13.0. The van der Waals surface area contributed by atoms with Gasteiger partial charge in [0.05, 0.1) is 12.1 Å². The van der Waals surface area contributed by atoms with Crippen molar-refractivity contribution in [3.05, 3.63) is 45.8 Å². The molecule has 0 bridgehead atoms. The second kappa shape index (κ2) is 7.14. The molecule has 2 aromatic rings. The van der Waals surface area contributed by atoms with Crippen LogP contribution in [0.5, 0.6) is 0 Å². The predicted octanol–water partition coefficient (Wildman–Crippen LogP) is 4.07.